The smallest absolute Gasteiger partial charge is 0.335 e. The Morgan fingerprint density at radius 1 is 1.28 bits per heavy atom. The van der Waals surface area contributed by atoms with Crippen LogP contribution < -0.4 is 5.32 Å². The fourth-order valence-corrected chi connectivity index (χ4v) is 3.18. The van der Waals surface area contributed by atoms with Crippen LogP contribution in [0.1, 0.15) is 34.2 Å². The molecule has 7 heteroatoms. The predicted octanol–water partition coefficient (Wildman–Crippen LogP) is 3.01. The van der Waals surface area contributed by atoms with Crippen LogP contribution in [-0.4, -0.2) is 37.7 Å². The first-order valence-electron chi connectivity index (χ1n) is 8.03. The number of carboxylic acid groups (broad SMARTS) is 1. The zero-order valence-electron chi connectivity index (χ0n) is 13.9. The molecule has 0 spiro atoms. The van der Waals surface area contributed by atoms with Crippen molar-refractivity contribution in [1.82, 2.24) is 19.9 Å². The number of fused-ring (bicyclic) bond motifs is 1. The number of aromatic carboxylic acids is 1. The molecule has 2 N–H and O–H groups in total. The summed E-state index contributed by atoms with van der Waals surface area (Å²) < 4.78 is 1.99. The van der Waals surface area contributed by atoms with Crippen molar-refractivity contribution >= 4 is 23.4 Å². The zero-order chi connectivity index (χ0) is 17.6. The van der Waals surface area contributed by atoms with Gasteiger partial charge in [0.1, 0.15) is 0 Å². The standard InChI is InChI=1S/C18H20N4O2S/c1-25-10-8-15(17-21-20-16-7-2-3-9-22(16)17)19-12-13-5-4-6-14(11-13)18(23)24/h2-7,9,11,15,19H,8,10,12H2,1H3,(H,23,24). The topological polar surface area (TPSA) is 79.5 Å². The van der Waals surface area contributed by atoms with Gasteiger partial charge in [-0.25, -0.2) is 4.79 Å². The van der Waals surface area contributed by atoms with E-state index in [1.807, 2.05) is 34.9 Å². The maximum atomic E-state index is 11.1. The van der Waals surface area contributed by atoms with Crippen LogP contribution in [0.3, 0.4) is 0 Å². The number of nitrogens with zero attached hydrogens (tertiary/aromatic N) is 3. The van der Waals surface area contributed by atoms with Crippen molar-refractivity contribution in [3.63, 3.8) is 0 Å². The quantitative estimate of drug-likeness (QED) is 0.646. The van der Waals surface area contributed by atoms with Gasteiger partial charge >= 0.3 is 5.97 Å². The van der Waals surface area contributed by atoms with Crippen molar-refractivity contribution in [2.75, 3.05) is 12.0 Å². The molecule has 0 aliphatic rings. The van der Waals surface area contributed by atoms with Gasteiger partial charge in [0, 0.05) is 12.7 Å². The normalized spacial score (nSPS) is 12.4. The Kier molecular flexibility index (Phi) is 5.67. The molecule has 0 saturated heterocycles. The first-order chi connectivity index (χ1) is 12.2. The monoisotopic (exact) mass is 356 g/mol. The van der Waals surface area contributed by atoms with Crippen LogP contribution in [-0.2, 0) is 6.54 Å². The van der Waals surface area contributed by atoms with Gasteiger partial charge in [0.2, 0.25) is 0 Å². The molecular formula is C18H20N4O2S. The van der Waals surface area contributed by atoms with Gasteiger partial charge in [0.25, 0.3) is 0 Å². The number of hydrogen-bond donors (Lipinski definition) is 2. The van der Waals surface area contributed by atoms with Crippen LogP contribution in [0.25, 0.3) is 5.65 Å². The number of pyridine rings is 1. The van der Waals surface area contributed by atoms with E-state index in [1.165, 1.54) is 0 Å². The van der Waals surface area contributed by atoms with Gasteiger partial charge in [-0.15, -0.1) is 10.2 Å². The molecule has 2 aromatic heterocycles. The lowest BCUT2D eigenvalue weighted by atomic mass is 10.1. The van der Waals surface area contributed by atoms with E-state index in [2.05, 4.69) is 21.8 Å². The number of rotatable bonds is 8. The Bertz CT molecular complexity index is 865. The predicted molar refractivity (Wildman–Crippen MR) is 99.0 cm³/mol. The molecule has 25 heavy (non-hydrogen) atoms. The molecule has 0 fully saturated rings. The third-order valence-corrected chi connectivity index (χ3v) is 4.63. The highest BCUT2D eigenvalue weighted by molar-refractivity contribution is 7.98. The number of benzene rings is 1. The third kappa shape index (κ3) is 4.18. The Balaban J connectivity index is 1.79. The number of hydrogen-bond acceptors (Lipinski definition) is 5. The molecule has 0 aliphatic carbocycles. The summed E-state index contributed by atoms with van der Waals surface area (Å²) >= 11 is 1.79. The van der Waals surface area contributed by atoms with Crippen molar-refractivity contribution in [1.29, 1.82) is 0 Å². The fourth-order valence-electron chi connectivity index (χ4n) is 2.71. The van der Waals surface area contributed by atoms with E-state index < -0.39 is 5.97 Å². The van der Waals surface area contributed by atoms with Crippen LogP contribution in [0.4, 0.5) is 0 Å². The molecule has 0 amide bonds. The van der Waals surface area contributed by atoms with E-state index in [1.54, 1.807) is 30.0 Å². The summed E-state index contributed by atoms with van der Waals surface area (Å²) in [7, 11) is 0. The summed E-state index contributed by atoms with van der Waals surface area (Å²) in [6.45, 7) is 0.571. The summed E-state index contributed by atoms with van der Waals surface area (Å²) in [5, 5.41) is 21.2. The van der Waals surface area contributed by atoms with E-state index in [0.717, 1.165) is 29.2 Å². The second-order valence-corrected chi connectivity index (χ2v) is 6.69. The first-order valence-corrected chi connectivity index (χ1v) is 9.42. The second kappa shape index (κ2) is 8.13. The Morgan fingerprint density at radius 3 is 2.96 bits per heavy atom. The maximum Gasteiger partial charge on any atom is 0.335 e. The van der Waals surface area contributed by atoms with Crippen LogP contribution in [0, 0.1) is 0 Å². The molecule has 0 radical (unpaired) electrons. The summed E-state index contributed by atoms with van der Waals surface area (Å²) in [6.07, 6.45) is 4.95. The number of carbonyl (C=O) groups is 1. The molecule has 2 heterocycles. The van der Waals surface area contributed by atoms with Gasteiger partial charge in [0.05, 0.1) is 11.6 Å². The highest BCUT2D eigenvalue weighted by atomic mass is 32.2. The lowest BCUT2D eigenvalue weighted by molar-refractivity contribution is 0.0696. The van der Waals surface area contributed by atoms with Crippen molar-refractivity contribution < 1.29 is 9.90 Å². The molecule has 130 valence electrons. The lowest BCUT2D eigenvalue weighted by Crippen LogP contribution is -2.24. The number of aromatic nitrogens is 3. The van der Waals surface area contributed by atoms with Crippen LogP contribution in [0.15, 0.2) is 48.7 Å². The second-order valence-electron chi connectivity index (χ2n) is 5.71. The molecule has 0 saturated carbocycles. The molecule has 3 rings (SSSR count). The van der Waals surface area contributed by atoms with Gasteiger partial charge in [-0.3, -0.25) is 4.40 Å². The van der Waals surface area contributed by atoms with Crippen molar-refractivity contribution in [3.05, 3.63) is 65.6 Å². The van der Waals surface area contributed by atoms with Gasteiger partial charge in [0.15, 0.2) is 11.5 Å². The Morgan fingerprint density at radius 2 is 2.16 bits per heavy atom. The molecule has 1 aromatic carbocycles. The molecular weight excluding hydrogens is 336 g/mol. The largest absolute Gasteiger partial charge is 0.478 e. The van der Waals surface area contributed by atoms with Crippen molar-refractivity contribution in [2.24, 2.45) is 0 Å². The molecule has 1 unspecified atom stereocenters. The minimum absolute atomic E-state index is 0.0401. The highest BCUT2D eigenvalue weighted by Crippen LogP contribution is 2.19. The van der Waals surface area contributed by atoms with E-state index >= 15 is 0 Å². The zero-order valence-corrected chi connectivity index (χ0v) is 14.7. The summed E-state index contributed by atoms with van der Waals surface area (Å²) in [5.41, 5.74) is 2.05. The van der Waals surface area contributed by atoms with Gasteiger partial charge in [-0.1, -0.05) is 18.2 Å². The SMILES string of the molecule is CSCCC(NCc1cccc(C(=O)O)c1)c1nnc2ccccn12. The molecule has 3 aromatic rings. The fraction of sp³-hybridized carbons (Fsp3) is 0.278. The van der Waals surface area contributed by atoms with Crippen LogP contribution in [0.2, 0.25) is 0 Å². The maximum absolute atomic E-state index is 11.1. The third-order valence-electron chi connectivity index (χ3n) is 3.99. The minimum atomic E-state index is -0.913. The van der Waals surface area contributed by atoms with Gasteiger partial charge < -0.3 is 10.4 Å². The average molecular weight is 356 g/mol. The van der Waals surface area contributed by atoms with E-state index in [4.69, 9.17) is 5.11 Å². The van der Waals surface area contributed by atoms with E-state index in [-0.39, 0.29) is 6.04 Å². The summed E-state index contributed by atoms with van der Waals surface area (Å²) in [6, 6.07) is 12.9. The van der Waals surface area contributed by atoms with Gasteiger partial charge in [-0.2, -0.15) is 11.8 Å². The van der Waals surface area contributed by atoms with Crippen molar-refractivity contribution in [2.45, 2.75) is 19.0 Å². The Labute approximate surface area is 150 Å². The highest BCUT2D eigenvalue weighted by Gasteiger charge is 2.17. The number of nitrogens with one attached hydrogen (secondary N) is 1. The number of thioether (sulfide) groups is 1. The number of carboxylic acids is 1. The molecule has 0 aliphatic heterocycles. The van der Waals surface area contributed by atoms with E-state index in [0.29, 0.717) is 12.1 Å². The van der Waals surface area contributed by atoms with Crippen LogP contribution >= 0.6 is 11.8 Å². The van der Waals surface area contributed by atoms with Gasteiger partial charge in [-0.05, 0) is 48.3 Å². The first kappa shape index (κ1) is 17.4. The van der Waals surface area contributed by atoms with Crippen molar-refractivity contribution in [3.8, 4) is 0 Å². The van der Waals surface area contributed by atoms with Crippen LogP contribution in [0.5, 0.6) is 0 Å². The Hall–Kier alpha value is -2.38. The summed E-state index contributed by atoms with van der Waals surface area (Å²) in [4.78, 5) is 11.1. The molecule has 0 bridgehead atoms. The minimum Gasteiger partial charge on any atom is -0.478 e. The molecule has 1 atom stereocenters. The average Bonchev–Trinajstić information content (AvgIpc) is 3.06. The van der Waals surface area contributed by atoms with E-state index in [9.17, 15) is 4.79 Å². The molecule has 6 nitrogen and oxygen atoms in total. The lowest BCUT2D eigenvalue weighted by Gasteiger charge is -2.17. The summed E-state index contributed by atoms with van der Waals surface area (Å²) in [5.74, 6) is 0.956.